The van der Waals surface area contributed by atoms with Gasteiger partial charge in [0.2, 0.25) is 5.91 Å². The Morgan fingerprint density at radius 1 is 0.862 bits per heavy atom. The van der Waals surface area contributed by atoms with Gasteiger partial charge in [0, 0.05) is 17.4 Å². The molecule has 1 heterocycles. The van der Waals surface area contributed by atoms with Crippen LogP contribution in [-0.2, 0) is 11.3 Å². The molecule has 0 unspecified atom stereocenters. The van der Waals surface area contributed by atoms with Crippen molar-refractivity contribution < 1.29 is 9.59 Å². The number of amides is 2. The fraction of sp³-hybridized carbons (Fsp3) is 0.182. The number of nitrogens with one attached hydrogen (secondary N) is 2. The van der Waals surface area contributed by atoms with Crippen molar-refractivity contribution in [3.8, 4) is 0 Å². The van der Waals surface area contributed by atoms with Crippen LogP contribution in [0, 0.1) is 20.8 Å². The number of anilines is 2. The van der Waals surface area contributed by atoms with Crippen molar-refractivity contribution >= 4 is 23.2 Å². The standard InChI is InChI=1S/C22H22N4O3/c1-14-4-7-17(8-5-14)23-20(27)13-26-21(28)11-10-19(25-26)22(29)24-18-9-6-15(2)16(3)12-18/h4-12H,13H2,1-3H3,(H,23,27)(H,24,29). The topological polar surface area (TPSA) is 93.1 Å². The maximum Gasteiger partial charge on any atom is 0.276 e. The van der Waals surface area contributed by atoms with Crippen LogP contribution in [0.15, 0.2) is 59.4 Å². The van der Waals surface area contributed by atoms with Crippen LogP contribution < -0.4 is 16.2 Å². The number of nitrogens with zero attached hydrogens (tertiary/aromatic N) is 2. The molecule has 2 amide bonds. The number of benzene rings is 2. The van der Waals surface area contributed by atoms with Gasteiger partial charge in [-0.05, 0) is 62.2 Å². The molecule has 7 nitrogen and oxygen atoms in total. The van der Waals surface area contributed by atoms with Gasteiger partial charge in [0.05, 0.1) is 0 Å². The highest BCUT2D eigenvalue weighted by molar-refractivity contribution is 6.02. The molecule has 3 aromatic rings. The van der Waals surface area contributed by atoms with E-state index in [1.807, 2.05) is 45.0 Å². The molecule has 0 saturated carbocycles. The molecule has 0 atom stereocenters. The zero-order valence-electron chi connectivity index (χ0n) is 16.5. The van der Waals surface area contributed by atoms with Crippen LogP contribution in [0.2, 0.25) is 0 Å². The Morgan fingerprint density at radius 2 is 1.55 bits per heavy atom. The monoisotopic (exact) mass is 390 g/mol. The van der Waals surface area contributed by atoms with E-state index in [4.69, 9.17) is 0 Å². The summed E-state index contributed by atoms with van der Waals surface area (Å²) in [6.45, 7) is 5.59. The van der Waals surface area contributed by atoms with Crippen molar-refractivity contribution in [2.45, 2.75) is 27.3 Å². The van der Waals surface area contributed by atoms with Gasteiger partial charge in [-0.25, -0.2) is 4.68 Å². The van der Waals surface area contributed by atoms with Crippen LogP contribution in [0.25, 0.3) is 0 Å². The zero-order valence-corrected chi connectivity index (χ0v) is 16.5. The molecule has 0 aliphatic carbocycles. The van der Waals surface area contributed by atoms with Gasteiger partial charge in [0.1, 0.15) is 12.2 Å². The Labute approximate surface area is 168 Å². The molecule has 0 bridgehead atoms. The molecule has 7 heteroatoms. The minimum absolute atomic E-state index is 0.0472. The average molecular weight is 390 g/mol. The second kappa shape index (κ2) is 8.52. The lowest BCUT2D eigenvalue weighted by Gasteiger charge is -2.10. The summed E-state index contributed by atoms with van der Waals surface area (Å²) in [6.07, 6.45) is 0. The largest absolute Gasteiger partial charge is 0.324 e. The maximum atomic E-state index is 12.5. The van der Waals surface area contributed by atoms with Gasteiger partial charge in [0.25, 0.3) is 11.5 Å². The van der Waals surface area contributed by atoms with E-state index in [1.165, 1.54) is 12.1 Å². The SMILES string of the molecule is Cc1ccc(NC(=O)Cn2nc(C(=O)Nc3ccc(C)c(C)c3)ccc2=O)cc1. The van der Waals surface area contributed by atoms with E-state index in [0.717, 1.165) is 21.4 Å². The molecule has 3 rings (SSSR count). The molecule has 2 aromatic carbocycles. The molecule has 0 spiro atoms. The van der Waals surface area contributed by atoms with E-state index >= 15 is 0 Å². The van der Waals surface area contributed by atoms with Crippen molar-refractivity contribution in [3.05, 3.63) is 87.3 Å². The van der Waals surface area contributed by atoms with E-state index in [-0.39, 0.29) is 12.2 Å². The van der Waals surface area contributed by atoms with E-state index in [9.17, 15) is 14.4 Å². The number of carbonyl (C=O) groups excluding carboxylic acids is 2. The minimum Gasteiger partial charge on any atom is -0.324 e. The third-order valence-electron chi connectivity index (χ3n) is 4.49. The molecule has 0 saturated heterocycles. The van der Waals surface area contributed by atoms with Crippen molar-refractivity contribution in [1.82, 2.24) is 9.78 Å². The van der Waals surface area contributed by atoms with Gasteiger partial charge in [0.15, 0.2) is 0 Å². The van der Waals surface area contributed by atoms with Gasteiger partial charge in [-0.1, -0.05) is 23.8 Å². The summed E-state index contributed by atoms with van der Waals surface area (Å²) in [5, 5.41) is 9.50. The Hall–Kier alpha value is -3.74. The molecule has 148 valence electrons. The van der Waals surface area contributed by atoms with E-state index < -0.39 is 17.4 Å². The molecule has 0 aliphatic rings. The van der Waals surface area contributed by atoms with Gasteiger partial charge < -0.3 is 10.6 Å². The Balaban J connectivity index is 1.72. The molecule has 2 N–H and O–H groups in total. The highest BCUT2D eigenvalue weighted by Gasteiger charge is 2.13. The predicted octanol–water partition coefficient (Wildman–Crippen LogP) is 3.06. The lowest BCUT2D eigenvalue weighted by molar-refractivity contribution is -0.117. The number of aryl methyl sites for hydroxylation is 3. The van der Waals surface area contributed by atoms with Crippen molar-refractivity contribution in [3.63, 3.8) is 0 Å². The van der Waals surface area contributed by atoms with Crippen LogP contribution >= 0.6 is 0 Å². The summed E-state index contributed by atoms with van der Waals surface area (Å²) >= 11 is 0. The summed E-state index contributed by atoms with van der Waals surface area (Å²) in [6, 6.07) is 15.4. The highest BCUT2D eigenvalue weighted by atomic mass is 16.2. The molecule has 1 aromatic heterocycles. The van der Waals surface area contributed by atoms with Gasteiger partial charge >= 0.3 is 0 Å². The summed E-state index contributed by atoms with van der Waals surface area (Å²) < 4.78 is 0.971. The normalized spacial score (nSPS) is 10.4. The summed E-state index contributed by atoms with van der Waals surface area (Å²) in [7, 11) is 0. The molecule has 0 fully saturated rings. The van der Waals surface area contributed by atoms with Crippen LogP contribution in [0.3, 0.4) is 0 Å². The van der Waals surface area contributed by atoms with Crippen LogP contribution in [0.4, 0.5) is 11.4 Å². The van der Waals surface area contributed by atoms with E-state index in [2.05, 4.69) is 15.7 Å². The Bertz CT molecular complexity index is 1120. The highest BCUT2D eigenvalue weighted by Crippen LogP contribution is 2.14. The molecule has 0 radical (unpaired) electrons. The molecule has 29 heavy (non-hydrogen) atoms. The smallest absolute Gasteiger partial charge is 0.276 e. The minimum atomic E-state index is -0.466. The summed E-state index contributed by atoms with van der Waals surface area (Å²) in [5.74, 6) is -0.865. The molecular weight excluding hydrogens is 368 g/mol. The Morgan fingerprint density at radius 3 is 2.24 bits per heavy atom. The molecular formula is C22H22N4O3. The third kappa shape index (κ3) is 5.16. The Kier molecular flexibility index (Phi) is 5.87. The zero-order chi connectivity index (χ0) is 21.0. The lowest BCUT2D eigenvalue weighted by atomic mass is 10.1. The molecule has 0 aliphatic heterocycles. The summed E-state index contributed by atoms with van der Waals surface area (Å²) in [4.78, 5) is 36.8. The van der Waals surface area contributed by atoms with Gasteiger partial charge in [-0.3, -0.25) is 14.4 Å². The van der Waals surface area contributed by atoms with E-state index in [0.29, 0.717) is 11.4 Å². The number of hydrogen-bond acceptors (Lipinski definition) is 4. The van der Waals surface area contributed by atoms with Crippen molar-refractivity contribution in [2.24, 2.45) is 0 Å². The van der Waals surface area contributed by atoms with Crippen molar-refractivity contribution in [2.75, 3.05) is 10.6 Å². The van der Waals surface area contributed by atoms with Crippen LogP contribution in [0.1, 0.15) is 27.2 Å². The van der Waals surface area contributed by atoms with Gasteiger partial charge in [-0.15, -0.1) is 0 Å². The van der Waals surface area contributed by atoms with E-state index in [1.54, 1.807) is 18.2 Å². The fourth-order valence-electron chi connectivity index (χ4n) is 2.67. The quantitative estimate of drug-likeness (QED) is 0.700. The number of carbonyl (C=O) groups is 2. The summed E-state index contributed by atoms with van der Waals surface area (Å²) in [5.41, 5.74) is 4.08. The first-order valence-corrected chi connectivity index (χ1v) is 9.15. The first-order valence-electron chi connectivity index (χ1n) is 9.15. The van der Waals surface area contributed by atoms with Crippen molar-refractivity contribution in [1.29, 1.82) is 0 Å². The predicted molar refractivity (Wildman–Crippen MR) is 112 cm³/mol. The number of rotatable bonds is 5. The number of aromatic nitrogens is 2. The second-order valence-electron chi connectivity index (χ2n) is 6.88. The number of hydrogen-bond donors (Lipinski definition) is 2. The van der Waals surface area contributed by atoms with Gasteiger partial charge in [-0.2, -0.15) is 5.10 Å². The van der Waals surface area contributed by atoms with Crippen LogP contribution in [-0.4, -0.2) is 21.6 Å². The average Bonchev–Trinajstić information content (AvgIpc) is 2.68. The third-order valence-corrected chi connectivity index (χ3v) is 4.49. The first-order chi connectivity index (χ1) is 13.8. The first kappa shape index (κ1) is 20.0. The van der Waals surface area contributed by atoms with Crippen LogP contribution in [0.5, 0.6) is 0 Å². The maximum absolute atomic E-state index is 12.5. The second-order valence-corrected chi connectivity index (χ2v) is 6.88. The lowest BCUT2D eigenvalue weighted by Crippen LogP contribution is -2.31. The fourth-order valence-corrected chi connectivity index (χ4v) is 2.67.